The van der Waals surface area contributed by atoms with E-state index in [-0.39, 0.29) is 30.7 Å². The minimum absolute atomic E-state index is 0.0185. The van der Waals surface area contributed by atoms with Gasteiger partial charge in [0.1, 0.15) is 6.17 Å². The Hall–Kier alpha value is -4.90. The molecule has 1 aliphatic rings. The van der Waals surface area contributed by atoms with Crippen molar-refractivity contribution in [1.29, 1.82) is 0 Å². The Kier molecular flexibility index (Phi) is 9.29. The summed E-state index contributed by atoms with van der Waals surface area (Å²) in [6.07, 6.45) is -10.8. The number of H-pyrrole nitrogens is 1. The van der Waals surface area contributed by atoms with E-state index in [1.807, 2.05) is 0 Å². The lowest BCUT2D eigenvalue weighted by Gasteiger charge is -2.21. The summed E-state index contributed by atoms with van der Waals surface area (Å²) >= 11 is 0. The number of alkyl halides is 7. The molecule has 3 aromatic rings. The van der Waals surface area contributed by atoms with Crippen LogP contribution in [0.15, 0.2) is 41.5 Å². The third kappa shape index (κ3) is 7.93. The zero-order valence-corrected chi connectivity index (χ0v) is 22.6. The van der Waals surface area contributed by atoms with Crippen LogP contribution >= 0.6 is 0 Å². The van der Waals surface area contributed by atoms with Crippen LogP contribution in [-0.4, -0.2) is 66.9 Å². The monoisotopic (exact) mass is 631 g/mol. The van der Waals surface area contributed by atoms with Crippen molar-refractivity contribution in [3.63, 3.8) is 0 Å². The average molecular weight is 632 g/mol. The van der Waals surface area contributed by atoms with E-state index in [0.717, 1.165) is 7.11 Å². The molecule has 2 amide bonds. The van der Waals surface area contributed by atoms with Crippen LogP contribution in [0.1, 0.15) is 39.5 Å². The largest absolute Gasteiger partial charge is 0.469 e. The number of rotatable bonds is 8. The number of carbonyl (C=O) groups excluding carboxylic acids is 3. The fourth-order valence-electron chi connectivity index (χ4n) is 4.21. The number of fused-ring (bicyclic) bond motifs is 1. The SMILES string of the molecule is COC(=O)C[C@H](NC(=O)CNC(=O)c1cc(NC2=NCC(F)CN2)c2cn[nH]c2c1)c1cc(C(F)(F)F)cc(C(F)(F)F)c1. The van der Waals surface area contributed by atoms with E-state index in [2.05, 4.69) is 41.2 Å². The molecular weight excluding hydrogens is 607 g/mol. The molecule has 11 nitrogen and oxygen atoms in total. The maximum atomic E-state index is 13.4. The summed E-state index contributed by atoms with van der Waals surface area (Å²) in [5, 5.41) is 17.3. The Morgan fingerprint density at radius 1 is 1.05 bits per heavy atom. The first-order valence-corrected chi connectivity index (χ1v) is 12.7. The van der Waals surface area contributed by atoms with Gasteiger partial charge in [-0.2, -0.15) is 31.4 Å². The summed E-state index contributed by atoms with van der Waals surface area (Å²) in [4.78, 5) is 41.6. The van der Waals surface area contributed by atoms with Gasteiger partial charge in [-0.1, -0.05) is 0 Å². The highest BCUT2D eigenvalue weighted by Crippen LogP contribution is 2.38. The molecule has 0 fully saturated rings. The van der Waals surface area contributed by atoms with Crippen LogP contribution in [0.2, 0.25) is 0 Å². The number of aromatic amines is 1. The number of hydrogen-bond acceptors (Lipinski definition) is 8. The Bertz CT molecular complexity index is 1550. The van der Waals surface area contributed by atoms with Gasteiger partial charge in [-0.25, -0.2) is 9.38 Å². The van der Waals surface area contributed by atoms with E-state index in [1.54, 1.807) is 0 Å². The van der Waals surface area contributed by atoms with Gasteiger partial charge < -0.3 is 26.0 Å². The Morgan fingerprint density at radius 2 is 1.73 bits per heavy atom. The lowest BCUT2D eigenvalue weighted by atomic mass is 9.97. The second-order valence-electron chi connectivity index (χ2n) is 9.57. The molecule has 44 heavy (non-hydrogen) atoms. The van der Waals surface area contributed by atoms with Crippen molar-refractivity contribution in [2.75, 3.05) is 32.1 Å². The molecular formula is C26H24F7N7O4. The van der Waals surface area contributed by atoms with Crippen LogP contribution in [0.5, 0.6) is 0 Å². The second-order valence-corrected chi connectivity index (χ2v) is 9.57. The number of esters is 1. The molecule has 1 unspecified atom stereocenters. The fraction of sp³-hybridized carbons (Fsp3) is 0.346. The summed E-state index contributed by atoms with van der Waals surface area (Å²) in [6.45, 7) is -0.823. The van der Waals surface area contributed by atoms with Crippen LogP contribution in [0.3, 0.4) is 0 Å². The van der Waals surface area contributed by atoms with Crippen molar-refractivity contribution in [1.82, 2.24) is 26.1 Å². The number of aliphatic imine (C=N–C) groups is 1. The molecule has 1 aromatic heterocycles. The zero-order valence-electron chi connectivity index (χ0n) is 22.6. The molecule has 0 bridgehead atoms. The van der Waals surface area contributed by atoms with Crippen molar-refractivity contribution >= 4 is 40.3 Å². The number of anilines is 1. The molecule has 0 aliphatic carbocycles. The van der Waals surface area contributed by atoms with E-state index in [9.17, 15) is 45.1 Å². The van der Waals surface area contributed by atoms with Crippen LogP contribution in [0, 0.1) is 0 Å². The molecule has 4 rings (SSSR count). The van der Waals surface area contributed by atoms with Gasteiger partial charge in [-0.15, -0.1) is 0 Å². The smallest absolute Gasteiger partial charge is 0.416 e. The highest BCUT2D eigenvalue weighted by Gasteiger charge is 2.38. The number of benzene rings is 2. The minimum Gasteiger partial charge on any atom is -0.469 e. The van der Waals surface area contributed by atoms with Crippen molar-refractivity contribution in [2.24, 2.45) is 4.99 Å². The second kappa shape index (κ2) is 12.8. The number of methoxy groups -OCH3 is 1. The first-order valence-electron chi connectivity index (χ1n) is 12.7. The molecule has 0 saturated carbocycles. The quantitative estimate of drug-likeness (QED) is 0.189. The molecule has 2 heterocycles. The summed E-state index contributed by atoms with van der Waals surface area (Å²) in [5.74, 6) is -2.60. The normalized spacial score (nSPS) is 16.0. The molecule has 2 aromatic carbocycles. The van der Waals surface area contributed by atoms with Gasteiger partial charge in [0.25, 0.3) is 5.91 Å². The van der Waals surface area contributed by atoms with Crippen LogP contribution in [-0.2, 0) is 26.7 Å². The first kappa shape index (κ1) is 32.0. The van der Waals surface area contributed by atoms with E-state index < -0.39 is 72.0 Å². The van der Waals surface area contributed by atoms with Gasteiger partial charge in [0.05, 0.1) is 67.7 Å². The average Bonchev–Trinajstić information content (AvgIpc) is 3.44. The number of ether oxygens (including phenoxy) is 1. The molecule has 1 aliphatic heterocycles. The van der Waals surface area contributed by atoms with Crippen LogP contribution in [0.25, 0.3) is 10.9 Å². The van der Waals surface area contributed by atoms with Gasteiger partial charge in [-0.3, -0.25) is 19.5 Å². The van der Waals surface area contributed by atoms with Gasteiger partial charge in [-0.05, 0) is 35.9 Å². The Morgan fingerprint density at radius 3 is 2.32 bits per heavy atom. The maximum Gasteiger partial charge on any atom is 0.416 e. The molecule has 18 heteroatoms. The Labute approximate surface area is 243 Å². The van der Waals surface area contributed by atoms with Crippen LogP contribution < -0.4 is 21.3 Å². The maximum absolute atomic E-state index is 13.4. The van der Waals surface area contributed by atoms with Crippen molar-refractivity contribution in [3.05, 3.63) is 58.8 Å². The number of nitrogens with zero attached hydrogens (tertiary/aromatic N) is 2. The highest BCUT2D eigenvalue weighted by molar-refractivity contribution is 6.07. The van der Waals surface area contributed by atoms with Gasteiger partial charge in [0.15, 0.2) is 5.96 Å². The number of hydrogen-bond donors (Lipinski definition) is 5. The summed E-state index contributed by atoms with van der Waals surface area (Å²) < 4.78 is 98.2. The third-order valence-electron chi connectivity index (χ3n) is 6.37. The van der Waals surface area contributed by atoms with E-state index in [0.29, 0.717) is 28.7 Å². The van der Waals surface area contributed by atoms with E-state index >= 15 is 0 Å². The molecule has 0 spiro atoms. The highest BCUT2D eigenvalue weighted by atomic mass is 19.4. The summed E-state index contributed by atoms with van der Waals surface area (Å²) in [5.41, 5.74) is -3.15. The van der Waals surface area contributed by atoms with E-state index in [1.165, 1.54) is 18.3 Å². The minimum atomic E-state index is -5.16. The van der Waals surface area contributed by atoms with Gasteiger partial charge in [0.2, 0.25) is 5.91 Å². The summed E-state index contributed by atoms with van der Waals surface area (Å²) in [7, 11) is 0.947. The zero-order chi connectivity index (χ0) is 32.2. The fourth-order valence-corrected chi connectivity index (χ4v) is 4.21. The Balaban J connectivity index is 1.52. The molecule has 0 saturated heterocycles. The van der Waals surface area contributed by atoms with Crippen molar-refractivity contribution < 1.29 is 49.9 Å². The number of carbonyl (C=O) groups is 3. The lowest BCUT2D eigenvalue weighted by molar-refractivity contribution is -0.143. The van der Waals surface area contributed by atoms with E-state index in [4.69, 9.17) is 0 Å². The van der Waals surface area contributed by atoms with Gasteiger partial charge >= 0.3 is 18.3 Å². The topological polar surface area (TPSA) is 150 Å². The molecule has 5 N–H and O–H groups in total. The van der Waals surface area contributed by atoms with Crippen LogP contribution in [0.4, 0.5) is 36.4 Å². The molecule has 236 valence electrons. The first-order chi connectivity index (χ1) is 20.6. The number of halogens is 7. The number of guanidine groups is 1. The molecule has 2 atom stereocenters. The van der Waals surface area contributed by atoms with Crippen molar-refractivity contribution in [3.8, 4) is 0 Å². The number of amides is 2. The number of nitrogens with one attached hydrogen (secondary N) is 5. The predicted octanol–water partition coefficient (Wildman–Crippen LogP) is 3.46. The third-order valence-corrected chi connectivity index (χ3v) is 6.37. The standard InChI is InChI=1S/C26H24F7N7O4/c1-44-22(42)7-18(12-2-14(25(28,29)30)6-15(3-12)26(31,32)33)38-21(41)11-34-23(43)13-4-19(17-10-37-40-20(17)5-13)39-24-35-8-16(27)9-36-24/h2-6,10,16,18H,7-9,11H2,1H3,(H,34,43)(H,37,40)(H,38,41)(H2,35,36,39)/t18-/m0/s1. The van der Waals surface area contributed by atoms with Gasteiger partial charge in [0, 0.05) is 10.9 Å². The summed E-state index contributed by atoms with van der Waals surface area (Å²) in [6, 6.07) is 1.83. The number of aromatic nitrogens is 2. The molecule has 0 radical (unpaired) electrons. The predicted molar refractivity (Wildman–Crippen MR) is 141 cm³/mol. The van der Waals surface area contributed by atoms with Crippen molar-refractivity contribution in [2.45, 2.75) is 31.0 Å². The lowest BCUT2D eigenvalue weighted by Crippen LogP contribution is -2.41.